The summed E-state index contributed by atoms with van der Waals surface area (Å²) < 4.78 is 19.1. The lowest BCUT2D eigenvalue weighted by atomic mass is 10.1. The molecule has 4 nitrogen and oxygen atoms in total. The minimum Gasteiger partial charge on any atom is -0.466 e. The Morgan fingerprint density at radius 1 is 1.27 bits per heavy atom. The van der Waals surface area contributed by atoms with Gasteiger partial charge in [-0.25, -0.2) is 4.39 Å². The van der Waals surface area contributed by atoms with Crippen LogP contribution in [0.15, 0.2) is 18.2 Å². The first kappa shape index (κ1) is 18.4. The van der Waals surface area contributed by atoms with Gasteiger partial charge in [-0.2, -0.15) is 0 Å². The van der Waals surface area contributed by atoms with Crippen molar-refractivity contribution in [1.82, 2.24) is 5.32 Å². The number of halogens is 1. The van der Waals surface area contributed by atoms with Crippen molar-refractivity contribution in [3.8, 4) is 0 Å². The fourth-order valence-electron chi connectivity index (χ4n) is 2.26. The topological polar surface area (TPSA) is 41.6 Å². The molecule has 0 bridgehead atoms. The summed E-state index contributed by atoms with van der Waals surface area (Å²) in [6.45, 7) is 8.99. The number of carbonyl (C=O) groups excluding carboxylic acids is 1. The Hall–Kier alpha value is -1.62. The van der Waals surface area contributed by atoms with E-state index in [0.717, 1.165) is 18.5 Å². The standard InChI is InChI=1S/C17H27FN2O2/c1-4-10-20(11-9-17(21)22-6-3)16-12-14(13-19-5-2)7-8-15(16)18/h7-8,12,19H,4-6,9-11,13H2,1-3H3. The number of nitrogens with zero attached hydrogens (tertiary/aromatic N) is 1. The van der Waals surface area contributed by atoms with Crippen LogP contribution in [0.2, 0.25) is 0 Å². The molecule has 0 unspecified atom stereocenters. The van der Waals surface area contributed by atoms with Gasteiger partial charge in [-0.05, 0) is 37.6 Å². The second-order valence-electron chi connectivity index (χ2n) is 5.11. The molecule has 0 aliphatic rings. The maximum Gasteiger partial charge on any atom is 0.307 e. The van der Waals surface area contributed by atoms with Crippen LogP contribution in [-0.2, 0) is 16.1 Å². The number of nitrogens with one attached hydrogen (secondary N) is 1. The zero-order valence-corrected chi connectivity index (χ0v) is 13.8. The Morgan fingerprint density at radius 2 is 2.05 bits per heavy atom. The molecule has 0 spiro atoms. The lowest BCUT2D eigenvalue weighted by Gasteiger charge is -2.25. The van der Waals surface area contributed by atoms with Gasteiger partial charge in [0, 0.05) is 19.6 Å². The van der Waals surface area contributed by atoms with Crippen molar-refractivity contribution in [3.63, 3.8) is 0 Å². The van der Waals surface area contributed by atoms with Crippen LogP contribution in [0.3, 0.4) is 0 Å². The minimum atomic E-state index is -0.252. The summed E-state index contributed by atoms with van der Waals surface area (Å²) >= 11 is 0. The van der Waals surface area contributed by atoms with E-state index in [-0.39, 0.29) is 18.2 Å². The summed E-state index contributed by atoms with van der Waals surface area (Å²) in [5, 5.41) is 3.23. The fourth-order valence-corrected chi connectivity index (χ4v) is 2.26. The van der Waals surface area contributed by atoms with Gasteiger partial charge in [-0.1, -0.05) is 19.9 Å². The number of hydrogen-bond donors (Lipinski definition) is 1. The normalized spacial score (nSPS) is 10.5. The van der Waals surface area contributed by atoms with Gasteiger partial charge in [-0.15, -0.1) is 0 Å². The average Bonchev–Trinajstić information content (AvgIpc) is 2.51. The first-order chi connectivity index (χ1) is 10.6. The maximum atomic E-state index is 14.2. The molecule has 0 amide bonds. The predicted molar refractivity (Wildman–Crippen MR) is 87.5 cm³/mol. The highest BCUT2D eigenvalue weighted by Crippen LogP contribution is 2.22. The Labute approximate surface area is 132 Å². The van der Waals surface area contributed by atoms with Crippen molar-refractivity contribution in [1.29, 1.82) is 0 Å². The molecule has 1 aromatic carbocycles. The van der Waals surface area contributed by atoms with Gasteiger partial charge < -0.3 is 15.0 Å². The second-order valence-corrected chi connectivity index (χ2v) is 5.11. The third-order valence-corrected chi connectivity index (χ3v) is 3.32. The molecule has 1 rings (SSSR count). The van der Waals surface area contributed by atoms with E-state index >= 15 is 0 Å². The highest BCUT2D eigenvalue weighted by Gasteiger charge is 2.14. The van der Waals surface area contributed by atoms with Gasteiger partial charge in [0.2, 0.25) is 0 Å². The van der Waals surface area contributed by atoms with Crippen LogP contribution in [0.5, 0.6) is 0 Å². The molecule has 124 valence electrons. The van der Waals surface area contributed by atoms with Crippen LogP contribution < -0.4 is 10.2 Å². The quantitative estimate of drug-likeness (QED) is 0.674. The Kier molecular flexibility index (Phi) is 8.51. The van der Waals surface area contributed by atoms with E-state index in [1.165, 1.54) is 6.07 Å². The molecule has 0 aliphatic carbocycles. The molecule has 0 saturated carbocycles. The number of rotatable bonds is 10. The highest BCUT2D eigenvalue weighted by atomic mass is 19.1. The predicted octanol–water partition coefficient (Wildman–Crippen LogP) is 3.10. The number of esters is 1. The first-order valence-corrected chi connectivity index (χ1v) is 8.02. The van der Waals surface area contributed by atoms with Crippen molar-refractivity contribution >= 4 is 11.7 Å². The van der Waals surface area contributed by atoms with Crippen LogP contribution in [-0.4, -0.2) is 32.2 Å². The third-order valence-electron chi connectivity index (χ3n) is 3.32. The number of ether oxygens (including phenoxy) is 1. The number of carbonyl (C=O) groups is 1. The summed E-state index contributed by atoms with van der Waals surface area (Å²) in [5.74, 6) is -0.495. The van der Waals surface area contributed by atoms with Crippen LogP contribution in [0.4, 0.5) is 10.1 Å². The molecule has 22 heavy (non-hydrogen) atoms. The average molecular weight is 310 g/mol. The summed E-state index contributed by atoms with van der Waals surface area (Å²) in [6.07, 6.45) is 1.16. The van der Waals surface area contributed by atoms with Crippen LogP contribution in [0.25, 0.3) is 0 Å². The van der Waals surface area contributed by atoms with Crippen molar-refractivity contribution in [2.75, 3.05) is 31.1 Å². The SMILES string of the molecule is CCCN(CCC(=O)OCC)c1cc(CNCC)ccc1F. The molecule has 0 radical (unpaired) electrons. The van der Waals surface area contributed by atoms with E-state index in [2.05, 4.69) is 5.32 Å². The lowest BCUT2D eigenvalue weighted by Crippen LogP contribution is -2.28. The smallest absolute Gasteiger partial charge is 0.307 e. The zero-order chi connectivity index (χ0) is 16.4. The van der Waals surface area contributed by atoms with Gasteiger partial charge in [0.25, 0.3) is 0 Å². The van der Waals surface area contributed by atoms with Crippen molar-refractivity contribution in [2.24, 2.45) is 0 Å². The molecule has 0 heterocycles. The highest BCUT2D eigenvalue weighted by molar-refractivity contribution is 5.70. The van der Waals surface area contributed by atoms with E-state index < -0.39 is 0 Å². The number of hydrogen-bond acceptors (Lipinski definition) is 4. The van der Waals surface area contributed by atoms with E-state index in [1.807, 2.05) is 24.8 Å². The molecular weight excluding hydrogens is 283 g/mol. The van der Waals surface area contributed by atoms with E-state index in [9.17, 15) is 9.18 Å². The van der Waals surface area contributed by atoms with E-state index in [1.54, 1.807) is 13.0 Å². The fraction of sp³-hybridized carbons (Fsp3) is 0.588. The second kappa shape index (κ2) is 10.2. The molecule has 0 saturated heterocycles. The molecule has 5 heteroatoms. The van der Waals surface area contributed by atoms with Gasteiger partial charge in [0.15, 0.2) is 0 Å². The molecule has 0 fully saturated rings. The molecule has 0 aromatic heterocycles. The van der Waals surface area contributed by atoms with Gasteiger partial charge in [0.1, 0.15) is 5.82 Å². The van der Waals surface area contributed by atoms with Crippen LogP contribution in [0.1, 0.15) is 39.2 Å². The number of benzene rings is 1. The lowest BCUT2D eigenvalue weighted by molar-refractivity contribution is -0.142. The first-order valence-electron chi connectivity index (χ1n) is 8.02. The summed E-state index contributed by atoms with van der Waals surface area (Å²) in [7, 11) is 0. The number of anilines is 1. The Bertz CT molecular complexity index is 466. The van der Waals surface area contributed by atoms with Crippen molar-refractivity contribution < 1.29 is 13.9 Å². The zero-order valence-electron chi connectivity index (χ0n) is 13.8. The monoisotopic (exact) mass is 310 g/mol. The van der Waals surface area contributed by atoms with Crippen LogP contribution in [0, 0.1) is 5.82 Å². The summed E-state index contributed by atoms with van der Waals surface area (Å²) in [5.41, 5.74) is 1.59. The van der Waals surface area contributed by atoms with Gasteiger partial charge in [0.05, 0.1) is 18.7 Å². The van der Waals surface area contributed by atoms with Crippen LogP contribution >= 0.6 is 0 Å². The third kappa shape index (κ3) is 6.02. The van der Waals surface area contributed by atoms with Gasteiger partial charge in [-0.3, -0.25) is 4.79 Å². The molecule has 1 aromatic rings. The molecule has 0 aliphatic heterocycles. The van der Waals surface area contributed by atoms with E-state index in [4.69, 9.17) is 4.74 Å². The Balaban J connectivity index is 2.82. The largest absolute Gasteiger partial charge is 0.466 e. The van der Waals surface area contributed by atoms with Crippen molar-refractivity contribution in [2.45, 2.75) is 40.2 Å². The summed E-state index contributed by atoms with van der Waals surface area (Å²) in [6, 6.07) is 5.14. The molecule has 0 atom stereocenters. The van der Waals surface area contributed by atoms with Crippen molar-refractivity contribution in [3.05, 3.63) is 29.6 Å². The molecule has 1 N–H and O–H groups in total. The maximum absolute atomic E-state index is 14.2. The molecular formula is C17H27FN2O2. The van der Waals surface area contributed by atoms with E-state index in [0.29, 0.717) is 31.9 Å². The minimum absolute atomic E-state index is 0.243. The Morgan fingerprint density at radius 3 is 2.68 bits per heavy atom. The summed E-state index contributed by atoms with van der Waals surface area (Å²) in [4.78, 5) is 13.4. The van der Waals surface area contributed by atoms with Gasteiger partial charge >= 0.3 is 5.97 Å².